The van der Waals surface area contributed by atoms with E-state index in [4.69, 9.17) is 4.18 Å². The van der Waals surface area contributed by atoms with E-state index in [0.29, 0.717) is 5.92 Å². The predicted octanol–water partition coefficient (Wildman–Crippen LogP) is -0.788. The summed E-state index contributed by atoms with van der Waals surface area (Å²) in [7, 11) is 0. The van der Waals surface area contributed by atoms with Crippen LogP contribution in [-0.4, -0.2) is 19.2 Å². The molecule has 2 atom stereocenters. The van der Waals surface area contributed by atoms with Crippen molar-refractivity contribution >= 4 is 59.1 Å². The second kappa shape index (κ2) is 11.0. The third-order valence-electron chi connectivity index (χ3n) is 2.88. The van der Waals surface area contributed by atoms with Gasteiger partial charge in [-0.3, -0.25) is 0 Å². The monoisotopic (exact) mass is 493 g/mol. The van der Waals surface area contributed by atoms with Gasteiger partial charge in [0.1, 0.15) is 0 Å². The van der Waals surface area contributed by atoms with Crippen LogP contribution < -0.4 is 39.5 Å². The van der Waals surface area contributed by atoms with E-state index in [2.05, 4.69) is 57.4 Å². The van der Waals surface area contributed by atoms with Gasteiger partial charge >= 0.3 is 29.6 Å². The molecule has 1 aliphatic carbocycles. The van der Waals surface area contributed by atoms with Crippen LogP contribution in [0.2, 0.25) is 0 Å². The van der Waals surface area contributed by atoms with Crippen molar-refractivity contribution in [2.45, 2.75) is 40.5 Å². The summed E-state index contributed by atoms with van der Waals surface area (Å²) < 4.78 is 18.5. The summed E-state index contributed by atoms with van der Waals surface area (Å²) in [5, 5.41) is 10.3. The number of alkyl halides is 3. The zero-order chi connectivity index (χ0) is 13.6. The number of nitrogens with one attached hydrogen (secondary N) is 1. The number of hydrogen-bond acceptors (Lipinski definition) is 4. The Labute approximate surface area is 163 Å². The van der Waals surface area contributed by atoms with E-state index in [-0.39, 0.29) is 42.2 Å². The van der Waals surface area contributed by atoms with Gasteiger partial charge in [-0.1, -0.05) is 19.3 Å². The Balaban J connectivity index is 0.00000324. The summed E-state index contributed by atoms with van der Waals surface area (Å²) in [5.41, 5.74) is 0. The van der Waals surface area contributed by atoms with Crippen molar-refractivity contribution in [1.82, 2.24) is 4.72 Å². The minimum Gasteiger partial charge on any atom is -0.723 e. The van der Waals surface area contributed by atoms with E-state index < -0.39 is 13.6 Å². The molecule has 0 aromatic carbocycles. The maximum atomic E-state index is 11.7. The first-order valence-electron chi connectivity index (χ1n) is 5.61. The molecule has 0 amide bonds. The molecule has 0 spiro atoms. The van der Waals surface area contributed by atoms with E-state index in [1.165, 1.54) is 6.42 Å². The molecule has 0 aliphatic heterocycles. The molecular weight excluding hydrogens is 481 g/mol. The van der Waals surface area contributed by atoms with E-state index in [9.17, 15) is 9.47 Å². The normalized spacial score (nSPS) is 20.6. The first-order valence-corrected chi connectivity index (χ1v) is 9.06. The van der Waals surface area contributed by atoms with Gasteiger partial charge in [-0.2, -0.15) is 0 Å². The molecule has 19 heavy (non-hydrogen) atoms. The Morgan fingerprint density at radius 3 is 2.37 bits per heavy atom. The summed E-state index contributed by atoms with van der Waals surface area (Å²) in [6.07, 6.45) is 5.51. The summed E-state index contributed by atoms with van der Waals surface area (Å²) in [6, 6.07) is -0.251. The molecule has 0 radical (unpaired) electrons. The number of hydrogen-bond donors (Lipinski definition) is 1. The quantitative estimate of drug-likeness (QED) is 0.227. The number of rotatable bonds is 6. The Kier molecular flexibility index (Phi) is 12.5. The van der Waals surface area contributed by atoms with Crippen molar-refractivity contribution in [2.24, 2.45) is 5.92 Å². The summed E-state index contributed by atoms with van der Waals surface area (Å²) in [4.78, 5) is 3.95. The van der Waals surface area contributed by atoms with E-state index in [0.717, 1.165) is 25.7 Å². The van der Waals surface area contributed by atoms with Crippen LogP contribution in [0.3, 0.4) is 0 Å². The average molecular weight is 496 g/mol. The van der Waals surface area contributed by atoms with Crippen molar-refractivity contribution in [3.8, 4) is 0 Å². The molecule has 1 N–H and O–H groups in total. The molecule has 2 unspecified atom stereocenters. The Hall–Kier alpha value is 2.43. The molecule has 1 aliphatic rings. The van der Waals surface area contributed by atoms with Gasteiger partial charge in [0.25, 0.3) is 0 Å². The molecular formula is C9H15Br3NNaO4S. The van der Waals surface area contributed by atoms with Crippen molar-refractivity contribution in [2.75, 3.05) is 6.61 Å². The second-order valence-electron chi connectivity index (χ2n) is 4.17. The maximum absolute atomic E-state index is 11.7. The molecule has 0 saturated heterocycles. The molecule has 5 nitrogen and oxygen atoms in total. The first kappa shape index (κ1) is 21.4. The second-order valence-corrected chi connectivity index (χ2v) is 11.6. The van der Waals surface area contributed by atoms with Crippen molar-refractivity contribution < 1.29 is 48.1 Å². The summed E-state index contributed by atoms with van der Waals surface area (Å²) in [5.74, 6) is 0.302. The van der Waals surface area contributed by atoms with Gasteiger partial charge in [0.15, 0.2) is 0 Å². The van der Waals surface area contributed by atoms with E-state index >= 15 is 0 Å². The zero-order valence-electron chi connectivity index (χ0n) is 10.6. The maximum Gasteiger partial charge on any atom is 1.00 e. The SMILES string of the molecule is O=S(NC(CO[O-])C1CCCCC1)OC(Br)(Br)Br.[Na+]. The summed E-state index contributed by atoms with van der Waals surface area (Å²) >= 11 is 7.54. The fraction of sp³-hybridized carbons (Fsp3) is 1.00. The molecule has 0 heterocycles. The minimum atomic E-state index is -1.73. The van der Waals surface area contributed by atoms with Crippen molar-refractivity contribution in [3.63, 3.8) is 0 Å². The molecule has 0 aromatic rings. The molecule has 10 heteroatoms. The molecule has 1 fully saturated rings. The minimum absolute atomic E-state index is 0. The Bertz CT molecular complexity index is 277. The van der Waals surface area contributed by atoms with Crippen LogP contribution in [0.5, 0.6) is 0 Å². The van der Waals surface area contributed by atoms with Gasteiger partial charge in [-0.05, 0) is 66.5 Å². The van der Waals surface area contributed by atoms with Gasteiger partial charge in [0.2, 0.25) is 13.6 Å². The number of halogens is 3. The molecule has 1 saturated carbocycles. The Morgan fingerprint density at radius 2 is 1.89 bits per heavy atom. The smallest absolute Gasteiger partial charge is 0.723 e. The van der Waals surface area contributed by atoms with Gasteiger partial charge < -0.3 is 10.1 Å². The fourth-order valence-corrected chi connectivity index (χ4v) is 3.92. The van der Waals surface area contributed by atoms with E-state index in [1.807, 2.05) is 0 Å². The summed E-state index contributed by atoms with van der Waals surface area (Å²) in [6.45, 7) is -0.0143. The van der Waals surface area contributed by atoms with Crippen LogP contribution in [0.1, 0.15) is 32.1 Å². The van der Waals surface area contributed by atoms with Crippen LogP contribution in [0.4, 0.5) is 0 Å². The van der Waals surface area contributed by atoms with Gasteiger partial charge in [-0.15, -0.1) is 0 Å². The molecule has 0 aromatic heterocycles. The van der Waals surface area contributed by atoms with Crippen molar-refractivity contribution in [1.29, 1.82) is 0 Å². The molecule has 108 valence electrons. The standard InChI is InChI=1S/C9H16Br3NO4S.Na/c10-9(11,12)17-18(15)13-8(6-16-14)7-4-2-1-3-5-7;/h7-8,13-14H,1-6H2;/q;+1/p-1. The third kappa shape index (κ3) is 9.93. The average Bonchev–Trinajstić information content (AvgIpc) is 2.27. The third-order valence-corrected chi connectivity index (χ3v) is 4.91. The van der Waals surface area contributed by atoms with Gasteiger partial charge in [-0.25, -0.2) is 13.1 Å². The van der Waals surface area contributed by atoms with E-state index in [1.54, 1.807) is 0 Å². The molecule has 0 bridgehead atoms. The predicted molar refractivity (Wildman–Crippen MR) is 78.2 cm³/mol. The van der Waals surface area contributed by atoms with Crippen LogP contribution in [0, 0.1) is 5.92 Å². The Morgan fingerprint density at radius 1 is 1.32 bits per heavy atom. The first-order chi connectivity index (χ1) is 8.42. The topological polar surface area (TPSA) is 70.6 Å². The largest absolute Gasteiger partial charge is 1.00 e. The van der Waals surface area contributed by atoms with Crippen LogP contribution in [0.15, 0.2) is 0 Å². The van der Waals surface area contributed by atoms with Crippen LogP contribution in [-0.2, 0) is 20.3 Å². The van der Waals surface area contributed by atoms with Crippen LogP contribution in [0.25, 0.3) is 0 Å². The molecule has 1 rings (SSSR count). The van der Waals surface area contributed by atoms with Crippen molar-refractivity contribution in [3.05, 3.63) is 0 Å². The fourth-order valence-electron chi connectivity index (χ4n) is 2.11. The van der Waals surface area contributed by atoms with Gasteiger partial charge in [0.05, 0.1) is 6.61 Å². The van der Waals surface area contributed by atoms with Crippen LogP contribution >= 0.6 is 47.8 Å². The zero-order valence-corrected chi connectivity index (χ0v) is 18.1. The van der Waals surface area contributed by atoms with Gasteiger partial charge in [0, 0.05) is 6.04 Å².